The monoisotopic (exact) mass is 497 g/mol. The van der Waals surface area contributed by atoms with E-state index in [1.54, 1.807) is 32.8 Å². The maximum absolute atomic E-state index is 13.4. The SMILES string of the molecule is CCCCCC(=O)C(C)(CC(CC)C(=O)N(C)C)CC(C)(C)C(=O)OCCOC(=O)C(C)(C)CC. The molecule has 7 heteroatoms. The molecule has 0 aromatic carbocycles. The number of hydrogen-bond acceptors (Lipinski definition) is 6. The van der Waals surface area contributed by atoms with E-state index in [2.05, 4.69) is 6.92 Å². The van der Waals surface area contributed by atoms with Crippen LogP contribution in [0.25, 0.3) is 0 Å². The Labute approximate surface area is 213 Å². The molecule has 0 aliphatic heterocycles. The third kappa shape index (κ3) is 10.7. The first kappa shape index (κ1) is 33.1. The first-order valence-corrected chi connectivity index (χ1v) is 13.2. The quantitative estimate of drug-likeness (QED) is 0.192. The summed E-state index contributed by atoms with van der Waals surface area (Å²) in [6, 6.07) is 0. The van der Waals surface area contributed by atoms with Gasteiger partial charge in [-0.1, -0.05) is 40.5 Å². The summed E-state index contributed by atoms with van der Waals surface area (Å²) in [5.41, 5.74) is -2.36. The predicted molar refractivity (Wildman–Crippen MR) is 139 cm³/mol. The van der Waals surface area contributed by atoms with Crippen molar-refractivity contribution in [1.82, 2.24) is 4.90 Å². The van der Waals surface area contributed by atoms with Crippen LogP contribution in [0.15, 0.2) is 0 Å². The molecule has 0 radical (unpaired) electrons. The van der Waals surface area contributed by atoms with Gasteiger partial charge in [0.2, 0.25) is 5.91 Å². The van der Waals surface area contributed by atoms with E-state index < -0.39 is 22.2 Å². The number of unbranched alkanes of at least 4 members (excludes halogenated alkanes) is 2. The number of Topliss-reactive ketones (excluding diaryl/α,β-unsaturated/α-hetero) is 1. The minimum atomic E-state index is -0.943. The predicted octanol–water partition coefficient (Wildman–Crippen LogP) is 5.59. The molecule has 0 bridgehead atoms. The van der Waals surface area contributed by atoms with Crippen LogP contribution in [-0.4, -0.2) is 55.8 Å². The number of ether oxygens (including phenoxy) is 2. The van der Waals surface area contributed by atoms with Crippen molar-refractivity contribution in [2.45, 2.75) is 107 Å². The average Bonchev–Trinajstić information content (AvgIpc) is 2.78. The van der Waals surface area contributed by atoms with Gasteiger partial charge in [0.05, 0.1) is 10.8 Å². The molecule has 0 aliphatic carbocycles. The van der Waals surface area contributed by atoms with Gasteiger partial charge in [-0.2, -0.15) is 0 Å². The molecule has 0 aromatic heterocycles. The van der Waals surface area contributed by atoms with Crippen molar-refractivity contribution in [3.63, 3.8) is 0 Å². The summed E-state index contributed by atoms with van der Waals surface area (Å²) in [5, 5.41) is 0. The zero-order valence-electron chi connectivity index (χ0n) is 24.0. The van der Waals surface area contributed by atoms with Gasteiger partial charge in [0.25, 0.3) is 0 Å². The lowest BCUT2D eigenvalue weighted by atomic mass is 9.66. The van der Waals surface area contributed by atoms with Crippen LogP contribution in [0.4, 0.5) is 0 Å². The summed E-state index contributed by atoms with van der Waals surface area (Å²) in [7, 11) is 3.45. The Hall–Kier alpha value is -1.92. The normalized spacial score (nSPS) is 14.6. The van der Waals surface area contributed by atoms with Crippen molar-refractivity contribution < 1.29 is 28.7 Å². The van der Waals surface area contributed by atoms with Crippen LogP contribution >= 0.6 is 0 Å². The van der Waals surface area contributed by atoms with Crippen LogP contribution < -0.4 is 0 Å². The van der Waals surface area contributed by atoms with Crippen molar-refractivity contribution in [1.29, 1.82) is 0 Å². The number of rotatable bonds is 17. The Balaban J connectivity index is 5.43. The van der Waals surface area contributed by atoms with Gasteiger partial charge in [-0.05, 0) is 59.8 Å². The third-order valence-electron chi connectivity index (χ3n) is 7.03. The summed E-state index contributed by atoms with van der Waals surface area (Å²) in [5.74, 6) is -0.970. The van der Waals surface area contributed by atoms with Crippen LogP contribution in [0.2, 0.25) is 0 Å². The number of nitrogens with zero attached hydrogens (tertiary/aromatic N) is 1. The molecular formula is C28H51NO6. The van der Waals surface area contributed by atoms with Crippen LogP contribution in [0, 0.1) is 22.2 Å². The number of amides is 1. The van der Waals surface area contributed by atoms with E-state index in [-0.39, 0.29) is 43.2 Å². The molecule has 35 heavy (non-hydrogen) atoms. The zero-order chi connectivity index (χ0) is 27.4. The maximum Gasteiger partial charge on any atom is 0.311 e. The number of carbonyl (C=O) groups excluding carboxylic acids is 4. The number of ketones is 1. The molecule has 0 spiro atoms. The Bertz CT molecular complexity index is 712. The number of carbonyl (C=O) groups is 4. The first-order valence-electron chi connectivity index (χ1n) is 13.2. The lowest BCUT2D eigenvalue weighted by molar-refractivity contribution is -0.164. The summed E-state index contributed by atoms with van der Waals surface area (Å²) in [6.07, 6.45) is 5.17. The van der Waals surface area contributed by atoms with E-state index >= 15 is 0 Å². The minimum absolute atomic E-state index is 0.00251. The van der Waals surface area contributed by atoms with Crippen LogP contribution in [0.3, 0.4) is 0 Å². The summed E-state index contributed by atoms with van der Waals surface area (Å²) >= 11 is 0. The highest BCUT2D eigenvalue weighted by Crippen LogP contribution is 2.42. The Morgan fingerprint density at radius 3 is 1.74 bits per heavy atom. The molecule has 7 nitrogen and oxygen atoms in total. The lowest BCUT2D eigenvalue weighted by Crippen LogP contribution is -2.41. The van der Waals surface area contributed by atoms with E-state index in [9.17, 15) is 19.2 Å². The van der Waals surface area contributed by atoms with Gasteiger partial charge in [0.1, 0.15) is 19.0 Å². The van der Waals surface area contributed by atoms with Crippen molar-refractivity contribution >= 4 is 23.6 Å². The van der Waals surface area contributed by atoms with Gasteiger partial charge in [-0.3, -0.25) is 19.2 Å². The van der Waals surface area contributed by atoms with Gasteiger partial charge in [0, 0.05) is 31.8 Å². The Kier molecular flexibility index (Phi) is 13.8. The van der Waals surface area contributed by atoms with E-state index in [0.29, 0.717) is 25.7 Å². The highest BCUT2D eigenvalue weighted by molar-refractivity contribution is 5.87. The molecule has 2 unspecified atom stereocenters. The second kappa shape index (κ2) is 14.6. The molecule has 0 N–H and O–H groups in total. The van der Waals surface area contributed by atoms with Crippen LogP contribution in [0.5, 0.6) is 0 Å². The maximum atomic E-state index is 13.4. The van der Waals surface area contributed by atoms with Crippen molar-refractivity contribution in [3.05, 3.63) is 0 Å². The number of hydrogen-bond donors (Lipinski definition) is 0. The molecular weight excluding hydrogens is 446 g/mol. The second-order valence-corrected chi connectivity index (χ2v) is 11.6. The largest absolute Gasteiger partial charge is 0.462 e. The Morgan fingerprint density at radius 2 is 1.31 bits per heavy atom. The average molecular weight is 498 g/mol. The molecule has 0 rings (SSSR count). The van der Waals surface area contributed by atoms with Gasteiger partial charge < -0.3 is 14.4 Å². The molecule has 0 saturated carbocycles. The van der Waals surface area contributed by atoms with Gasteiger partial charge in [0.15, 0.2) is 0 Å². The minimum Gasteiger partial charge on any atom is -0.462 e. The Morgan fingerprint density at radius 1 is 0.800 bits per heavy atom. The molecule has 0 aromatic rings. The topological polar surface area (TPSA) is 90.0 Å². The fourth-order valence-electron chi connectivity index (χ4n) is 4.29. The van der Waals surface area contributed by atoms with E-state index in [0.717, 1.165) is 19.3 Å². The standard InChI is InChI=1S/C28H51NO6/c1-11-14-15-16-22(30)28(8,19-21(12-2)23(31)29(9)10)20-27(6,7)25(33)35-18-17-34-24(32)26(4,5)13-3/h21H,11-20H2,1-10H3. The van der Waals surface area contributed by atoms with Crippen molar-refractivity contribution in [3.8, 4) is 0 Å². The van der Waals surface area contributed by atoms with Crippen molar-refractivity contribution in [2.75, 3.05) is 27.3 Å². The van der Waals surface area contributed by atoms with E-state index in [1.165, 1.54) is 0 Å². The summed E-state index contributed by atoms with van der Waals surface area (Å²) in [6.45, 7) is 15.0. The smallest absolute Gasteiger partial charge is 0.311 e. The van der Waals surface area contributed by atoms with Gasteiger partial charge in [-0.25, -0.2) is 0 Å². The van der Waals surface area contributed by atoms with Crippen molar-refractivity contribution in [2.24, 2.45) is 22.2 Å². The zero-order valence-corrected chi connectivity index (χ0v) is 24.0. The van der Waals surface area contributed by atoms with Gasteiger partial charge >= 0.3 is 11.9 Å². The highest BCUT2D eigenvalue weighted by Gasteiger charge is 2.44. The molecule has 0 heterocycles. The highest BCUT2D eigenvalue weighted by atomic mass is 16.6. The molecule has 204 valence electrons. The number of esters is 2. The first-order chi connectivity index (χ1) is 16.1. The molecule has 0 saturated heterocycles. The van der Waals surface area contributed by atoms with Gasteiger partial charge in [-0.15, -0.1) is 0 Å². The fourth-order valence-corrected chi connectivity index (χ4v) is 4.29. The lowest BCUT2D eigenvalue weighted by Gasteiger charge is -2.37. The molecule has 1 amide bonds. The summed E-state index contributed by atoms with van der Waals surface area (Å²) < 4.78 is 10.7. The van der Waals surface area contributed by atoms with Crippen LogP contribution in [-0.2, 0) is 28.7 Å². The molecule has 0 fully saturated rings. The van der Waals surface area contributed by atoms with E-state index in [4.69, 9.17) is 9.47 Å². The van der Waals surface area contributed by atoms with E-state index in [1.807, 2.05) is 34.6 Å². The van der Waals surface area contributed by atoms with Crippen LogP contribution in [0.1, 0.15) is 107 Å². The molecule has 2 atom stereocenters. The molecule has 0 aliphatic rings. The fraction of sp³-hybridized carbons (Fsp3) is 0.857. The summed E-state index contributed by atoms with van der Waals surface area (Å²) in [4.78, 5) is 52.8. The second-order valence-electron chi connectivity index (χ2n) is 11.6. The third-order valence-corrected chi connectivity index (χ3v) is 7.03.